The van der Waals surface area contributed by atoms with Gasteiger partial charge in [-0.1, -0.05) is 0 Å². The van der Waals surface area contributed by atoms with E-state index in [9.17, 15) is 4.79 Å². The highest BCUT2D eigenvalue weighted by molar-refractivity contribution is 5.93. The fourth-order valence-electron chi connectivity index (χ4n) is 3.15. The first-order valence-electron chi connectivity index (χ1n) is 9.05. The third-order valence-corrected chi connectivity index (χ3v) is 4.88. The fraction of sp³-hybridized carbons (Fsp3) is 0.556. The third kappa shape index (κ3) is 3.70. The van der Waals surface area contributed by atoms with E-state index in [1.54, 1.807) is 18.3 Å². The van der Waals surface area contributed by atoms with Gasteiger partial charge in [-0.2, -0.15) is 0 Å². The SMILES string of the molecule is CN(CCNc1cc([C@@H]2CCOC2)ncn1)C(=O)c1ncoc1C1CC1. The summed E-state index contributed by atoms with van der Waals surface area (Å²) in [7, 11) is 1.77. The molecule has 1 aliphatic carbocycles. The number of likely N-dealkylation sites (N-methyl/N-ethyl adjacent to an activating group) is 1. The molecule has 0 spiro atoms. The highest BCUT2D eigenvalue weighted by atomic mass is 16.5. The maximum atomic E-state index is 12.6. The van der Waals surface area contributed by atoms with Crippen LogP contribution in [0.3, 0.4) is 0 Å². The van der Waals surface area contributed by atoms with Crippen LogP contribution in [0.2, 0.25) is 0 Å². The number of rotatable bonds is 7. The minimum atomic E-state index is -0.103. The number of nitrogens with zero attached hydrogens (tertiary/aromatic N) is 4. The Labute approximate surface area is 152 Å². The molecule has 2 aliphatic rings. The van der Waals surface area contributed by atoms with Gasteiger partial charge in [-0.15, -0.1) is 0 Å². The molecule has 2 aromatic rings. The Balaban J connectivity index is 1.30. The molecule has 8 heteroatoms. The van der Waals surface area contributed by atoms with Crippen molar-refractivity contribution in [2.75, 3.05) is 38.7 Å². The molecule has 0 radical (unpaired) electrons. The summed E-state index contributed by atoms with van der Waals surface area (Å²) in [5.74, 6) is 2.10. The molecule has 3 heterocycles. The quantitative estimate of drug-likeness (QED) is 0.810. The lowest BCUT2D eigenvalue weighted by molar-refractivity contribution is 0.0793. The molecule has 1 amide bonds. The van der Waals surface area contributed by atoms with Gasteiger partial charge in [0.15, 0.2) is 12.1 Å². The molecule has 0 bridgehead atoms. The highest BCUT2D eigenvalue weighted by Gasteiger charge is 2.33. The van der Waals surface area contributed by atoms with Crippen molar-refractivity contribution in [1.29, 1.82) is 0 Å². The largest absolute Gasteiger partial charge is 0.447 e. The van der Waals surface area contributed by atoms with E-state index in [2.05, 4.69) is 20.3 Å². The van der Waals surface area contributed by atoms with Crippen LogP contribution in [-0.2, 0) is 4.74 Å². The van der Waals surface area contributed by atoms with Gasteiger partial charge in [0.05, 0.1) is 12.3 Å². The fourth-order valence-corrected chi connectivity index (χ4v) is 3.15. The number of aromatic nitrogens is 3. The van der Waals surface area contributed by atoms with Gasteiger partial charge in [-0.05, 0) is 19.3 Å². The minimum absolute atomic E-state index is 0.103. The molecule has 4 rings (SSSR count). The van der Waals surface area contributed by atoms with E-state index in [4.69, 9.17) is 9.15 Å². The number of hydrogen-bond donors (Lipinski definition) is 1. The Hall–Kier alpha value is -2.48. The molecule has 1 saturated carbocycles. The van der Waals surface area contributed by atoms with Crippen molar-refractivity contribution in [2.24, 2.45) is 0 Å². The number of ether oxygens (including phenoxy) is 1. The Bertz CT molecular complexity index is 768. The monoisotopic (exact) mass is 357 g/mol. The number of amides is 1. The van der Waals surface area contributed by atoms with Crippen molar-refractivity contribution < 1.29 is 13.9 Å². The molecule has 1 atom stereocenters. The average Bonchev–Trinajstić information content (AvgIpc) is 3.15. The predicted octanol–water partition coefficient (Wildman–Crippen LogP) is 2.03. The normalized spacial score (nSPS) is 19.5. The Kier molecular flexibility index (Phi) is 4.83. The lowest BCUT2D eigenvalue weighted by Crippen LogP contribution is -2.32. The van der Waals surface area contributed by atoms with Crippen LogP contribution in [0, 0.1) is 0 Å². The lowest BCUT2D eigenvalue weighted by atomic mass is 10.1. The van der Waals surface area contributed by atoms with Crippen LogP contribution in [-0.4, -0.2) is 59.1 Å². The van der Waals surface area contributed by atoms with Crippen molar-refractivity contribution >= 4 is 11.7 Å². The molecular formula is C18H23N5O3. The Morgan fingerprint density at radius 1 is 1.27 bits per heavy atom. The van der Waals surface area contributed by atoms with Crippen LogP contribution < -0.4 is 5.32 Å². The standard InChI is InChI=1S/C18H23N5O3/c1-23(18(24)16-17(12-2-3-12)26-11-22-16)6-5-19-15-8-14(20-10-21-15)13-4-7-25-9-13/h8,10-13H,2-7,9H2,1H3,(H,19,20,21)/t13-/m1/s1. The maximum absolute atomic E-state index is 12.6. The summed E-state index contributed by atoms with van der Waals surface area (Å²) >= 11 is 0. The molecule has 2 aromatic heterocycles. The maximum Gasteiger partial charge on any atom is 0.275 e. The van der Waals surface area contributed by atoms with Crippen molar-refractivity contribution in [3.05, 3.63) is 35.9 Å². The van der Waals surface area contributed by atoms with E-state index in [1.807, 2.05) is 6.07 Å². The number of nitrogens with one attached hydrogen (secondary N) is 1. The molecule has 0 unspecified atom stereocenters. The first kappa shape index (κ1) is 17.0. The van der Waals surface area contributed by atoms with Gasteiger partial charge in [0.2, 0.25) is 0 Å². The Morgan fingerprint density at radius 2 is 2.15 bits per heavy atom. The first-order valence-corrected chi connectivity index (χ1v) is 9.05. The minimum Gasteiger partial charge on any atom is -0.447 e. The van der Waals surface area contributed by atoms with Gasteiger partial charge in [-0.3, -0.25) is 4.79 Å². The second-order valence-corrected chi connectivity index (χ2v) is 6.88. The number of carbonyl (C=O) groups excluding carboxylic acids is 1. The van der Waals surface area contributed by atoms with Crippen LogP contribution in [0.15, 0.2) is 23.2 Å². The van der Waals surface area contributed by atoms with E-state index in [-0.39, 0.29) is 5.91 Å². The predicted molar refractivity (Wildman–Crippen MR) is 94.1 cm³/mol. The van der Waals surface area contributed by atoms with Crippen molar-refractivity contribution in [3.8, 4) is 0 Å². The molecule has 1 saturated heterocycles. The van der Waals surface area contributed by atoms with E-state index in [0.29, 0.717) is 37.2 Å². The van der Waals surface area contributed by atoms with Crippen molar-refractivity contribution in [1.82, 2.24) is 19.9 Å². The van der Waals surface area contributed by atoms with Gasteiger partial charge in [0.25, 0.3) is 5.91 Å². The smallest absolute Gasteiger partial charge is 0.275 e. The summed E-state index contributed by atoms with van der Waals surface area (Å²) in [6.45, 7) is 2.64. The van der Waals surface area contributed by atoms with Gasteiger partial charge in [-0.25, -0.2) is 15.0 Å². The van der Waals surface area contributed by atoms with Gasteiger partial charge in [0.1, 0.15) is 17.9 Å². The molecule has 1 aliphatic heterocycles. The molecule has 2 fully saturated rings. The van der Waals surface area contributed by atoms with Gasteiger partial charge >= 0.3 is 0 Å². The molecule has 8 nitrogen and oxygen atoms in total. The van der Waals surface area contributed by atoms with Crippen molar-refractivity contribution in [3.63, 3.8) is 0 Å². The van der Waals surface area contributed by atoms with Gasteiger partial charge < -0.3 is 19.4 Å². The summed E-state index contributed by atoms with van der Waals surface area (Å²) in [5.41, 5.74) is 1.45. The molecule has 138 valence electrons. The third-order valence-electron chi connectivity index (χ3n) is 4.88. The van der Waals surface area contributed by atoms with E-state index in [1.165, 1.54) is 6.39 Å². The van der Waals surface area contributed by atoms with E-state index < -0.39 is 0 Å². The number of carbonyl (C=O) groups is 1. The molecule has 1 N–H and O–H groups in total. The van der Waals surface area contributed by atoms with Crippen LogP contribution in [0.4, 0.5) is 5.82 Å². The Morgan fingerprint density at radius 3 is 2.92 bits per heavy atom. The lowest BCUT2D eigenvalue weighted by Gasteiger charge is -2.17. The average molecular weight is 357 g/mol. The van der Waals surface area contributed by atoms with Crippen LogP contribution in [0.25, 0.3) is 0 Å². The summed E-state index contributed by atoms with van der Waals surface area (Å²) in [4.78, 5) is 26.9. The summed E-state index contributed by atoms with van der Waals surface area (Å²) in [6, 6.07) is 1.96. The topological polar surface area (TPSA) is 93.4 Å². The summed E-state index contributed by atoms with van der Waals surface area (Å²) in [5, 5.41) is 3.26. The number of hydrogen-bond acceptors (Lipinski definition) is 7. The molecular weight excluding hydrogens is 334 g/mol. The second kappa shape index (κ2) is 7.41. The van der Waals surface area contributed by atoms with Gasteiger partial charge in [0, 0.05) is 44.6 Å². The molecule has 26 heavy (non-hydrogen) atoms. The highest BCUT2D eigenvalue weighted by Crippen LogP contribution is 2.41. The molecule has 0 aromatic carbocycles. The zero-order chi connectivity index (χ0) is 17.9. The zero-order valence-corrected chi connectivity index (χ0v) is 14.9. The van der Waals surface area contributed by atoms with E-state index in [0.717, 1.165) is 43.1 Å². The van der Waals surface area contributed by atoms with Crippen molar-refractivity contribution in [2.45, 2.75) is 31.1 Å². The second-order valence-electron chi connectivity index (χ2n) is 6.88. The summed E-state index contributed by atoms with van der Waals surface area (Å²) < 4.78 is 10.8. The summed E-state index contributed by atoms with van der Waals surface area (Å²) in [6.07, 6.45) is 6.07. The number of anilines is 1. The first-order chi connectivity index (χ1) is 12.7. The number of oxazole rings is 1. The zero-order valence-electron chi connectivity index (χ0n) is 14.9. The van der Waals surface area contributed by atoms with Crippen LogP contribution in [0.1, 0.15) is 53.0 Å². The van der Waals surface area contributed by atoms with Crippen LogP contribution >= 0.6 is 0 Å². The van der Waals surface area contributed by atoms with E-state index >= 15 is 0 Å². The van der Waals surface area contributed by atoms with Crippen LogP contribution in [0.5, 0.6) is 0 Å².